The molecule has 0 bridgehead atoms. The Balaban J connectivity index is 2.17. The Morgan fingerprint density at radius 2 is 1.86 bits per heavy atom. The molecule has 2 aromatic rings. The molecule has 0 atom stereocenters. The minimum atomic E-state index is -3.81. The zero-order chi connectivity index (χ0) is 15.6. The maximum Gasteiger partial charge on any atom is 0.243 e. The van der Waals surface area contributed by atoms with Crippen molar-refractivity contribution < 1.29 is 13.2 Å². The molecule has 8 heteroatoms. The molecule has 7 nitrogen and oxygen atoms in total. The molecule has 0 aliphatic rings. The van der Waals surface area contributed by atoms with Crippen molar-refractivity contribution in [2.24, 2.45) is 0 Å². The molecule has 2 rings (SSSR count). The van der Waals surface area contributed by atoms with Crippen LogP contribution in [0.5, 0.6) is 0 Å². The number of carbonyl (C=O) groups excluding carboxylic acids is 1. The van der Waals surface area contributed by atoms with Gasteiger partial charge in [-0.25, -0.2) is 13.4 Å². The first-order valence-corrected chi connectivity index (χ1v) is 7.90. The molecule has 0 spiro atoms. The Hall–Kier alpha value is -2.22. The van der Waals surface area contributed by atoms with Crippen LogP contribution < -0.4 is 5.32 Å². The van der Waals surface area contributed by atoms with E-state index in [0.717, 1.165) is 23.0 Å². The number of aromatic amines is 1. The molecule has 0 saturated carbocycles. The predicted octanol–water partition coefficient (Wildman–Crippen LogP) is 1.14. The number of hydrogen-bond acceptors (Lipinski definition) is 5. The van der Waals surface area contributed by atoms with Crippen molar-refractivity contribution in [2.75, 3.05) is 11.1 Å². The number of aromatic nitrogens is 3. The number of aryl methyl sites for hydroxylation is 3. The van der Waals surface area contributed by atoms with Gasteiger partial charge in [0.15, 0.2) is 0 Å². The molecule has 112 valence electrons. The standard InChI is InChI=1S/C13H16N4O3S/c1-8-4-9(2)12(10(3)5-8)16-11(18)6-21(19,20)13-14-7-15-17-13/h4-5,7H,6H2,1-3H3,(H,16,18)(H,14,15,17). The number of benzene rings is 1. The molecule has 0 aliphatic carbocycles. The van der Waals surface area contributed by atoms with Crippen LogP contribution in [0, 0.1) is 20.8 Å². The first-order valence-electron chi connectivity index (χ1n) is 6.25. The highest BCUT2D eigenvalue weighted by Gasteiger charge is 2.22. The lowest BCUT2D eigenvalue weighted by molar-refractivity contribution is -0.113. The highest BCUT2D eigenvalue weighted by molar-refractivity contribution is 7.91. The number of carbonyl (C=O) groups is 1. The Kier molecular flexibility index (Phi) is 4.08. The van der Waals surface area contributed by atoms with Gasteiger partial charge in [0.2, 0.25) is 20.9 Å². The third-order valence-corrected chi connectivity index (χ3v) is 4.38. The minimum absolute atomic E-state index is 0.310. The van der Waals surface area contributed by atoms with Gasteiger partial charge >= 0.3 is 0 Å². The summed E-state index contributed by atoms with van der Waals surface area (Å²) in [4.78, 5) is 15.5. The fraction of sp³-hybridized carbons (Fsp3) is 0.308. The van der Waals surface area contributed by atoms with Crippen molar-refractivity contribution in [3.63, 3.8) is 0 Å². The number of sulfone groups is 1. The van der Waals surface area contributed by atoms with E-state index in [2.05, 4.69) is 20.5 Å². The largest absolute Gasteiger partial charge is 0.325 e. The Morgan fingerprint density at radius 1 is 1.24 bits per heavy atom. The molecule has 1 amide bonds. The lowest BCUT2D eigenvalue weighted by Crippen LogP contribution is -2.24. The topological polar surface area (TPSA) is 105 Å². The first-order chi connectivity index (χ1) is 9.79. The van der Waals surface area contributed by atoms with Crippen LogP contribution in [0.1, 0.15) is 16.7 Å². The van der Waals surface area contributed by atoms with Gasteiger partial charge in [-0.1, -0.05) is 17.7 Å². The van der Waals surface area contributed by atoms with Crippen LogP contribution in [-0.2, 0) is 14.6 Å². The Labute approximate surface area is 122 Å². The van der Waals surface area contributed by atoms with E-state index in [1.807, 2.05) is 32.9 Å². The van der Waals surface area contributed by atoms with E-state index in [-0.39, 0.29) is 5.16 Å². The molecule has 1 heterocycles. The maximum atomic E-state index is 12.0. The van der Waals surface area contributed by atoms with Crippen molar-refractivity contribution in [1.82, 2.24) is 15.2 Å². The second-order valence-electron chi connectivity index (χ2n) is 4.87. The van der Waals surface area contributed by atoms with E-state index in [1.165, 1.54) is 0 Å². The van der Waals surface area contributed by atoms with Crippen LogP contribution in [0.3, 0.4) is 0 Å². The van der Waals surface area contributed by atoms with E-state index in [4.69, 9.17) is 0 Å². The zero-order valence-electron chi connectivity index (χ0n) is 12.0. The Bertz CT molecular complexity index is 744. The monoisotopic (exact) mass is 308 g/mol. The summed E-state index contributed by atoms with van der Waals surface area (Å²) in [5.41, 5.74) is 3.49. The number of rotatable bonds is 4. The van der Waals surface area contributed by atoms with Gasteiger partial charge in [-0.15, -0.1) is 0 Å². The molecular weight excluding hydrogens is 292 g/mol. The summed E-state index contributed by atoms with van der Waals surface area (Å²) in [7, 11) is -3.81. The van der Waals surface area contributed by atoms with Crippen molar-refractivity contribution in [3.8, 4) is 0 Å². The minimum Gasteiger partial charge on any atom is -0.325 e. The summed E-state index contributed by atoms with van der Waals surface area (Å²) in [6.45, 7) is 5.68. The summed E-state index contributed by atoms with van der Waals surface area (Å²) < 4.78 is 23.8. The average molecular weight is 308 g/mol. The molecule has 21 heavy (non-hydrogen) atoms. The summed E-state index contributed by atoms with van der Waals surface area (Å²) in [5.74, 6) is -1.30. The van der Waals surface area contributed by atoms with Crippen LogP contribution in [0.15, 0.2) is 23.6 Å². The van der Waals surface area contributed by atoms with Gasteiger partial charge in [-0.05, 0) is 31.9 Å². The van der Waals surface area contributed by atoms with Gasteiger partial charge in [-0.3, -0.25) is 9.89 Å². The van der Waals surface area contributed by atoms with Crippen molar-refractivity contribution in [3.05, 3.63) is 35.2 Å². The van der Waals surface area contributed by atoms with Gasteiger partial charge in [0.05, 0.1) is 0 Å². The number of anilines is 1. The van der Waals surface area contributed by atoms with Crippen molar-refractivity contribution >= 4 is 21.4 Å². The summed E-state index contributed by atoms with van der Waals surface area (Å²) in [6.07, 6.45) is 1.08. The summed E-state index contributed by atoms with van der Waals surface area (Å²) >= 11 is 0. The highest BCUT2D eigenvalue weighted by atomic mass is 32.2. The fourth-order valence-corrected chi connectivity index (χ4v) is 3.09. The van der Waals surface area contributed by atoms with Gasteiger partial charge in [0.25, 0.3) is 0 Å². The maximum absolute atomic E-state index is 12.0. The van der Waals surface area contributed by atoms with Gasteiger partial charge in [-0.2, -0.15) is 5.10 Å². The number of nitrogens with zero attached hydrogens (tertiary/aromatic N) is 2. The lowest BCUT2D eigenvalue weighted by Gasteiger charge is -2.12. The Morgan fingerprint density at radius 3 is 2.38 bits per heavy atom. The van der Waals surface area contributed by atoms with E-state index in [9.17, 15) is 13.2 Å². The molecule has 0 aliphatic heterocycles. The van der Waals surface area contributed by atoms with Crippen LogP contribution >= 0.6 is 0 Å². The zero-order valence-corrected chi connectivity index (χ0v) is 12.8. The second kappa shape index (κ2) is 5.65. The number of amides is 1. The van der Waals surface area contributed by atoms with Gasteiger partial charge in [0.1, 0.15) is 12.1 Å². The fourth-order valence-electron chi connectivity index (χ4n) is 2.14. The molecule has 2 N–H and O–H groups in total. The normalized spacial score (nSPS) is 11.4. The second-order valence-corrected chi connectivity index (χ2v) is 6.78. The molecule has 0 radical (unpaired) electrons. The average Bonchev–Trinajstić information content (AvgIpc) is 2.87. The molecule has 1 aromatic heterocycles. The molecular formula is C13H16N4O3S. The summed E-state index contributed by atoms with van der Waals surface area (Å²) in [6, 6.07) is 3.85. The highest BCUT2D eigenvalue weighted by Crippen LogP contribution is 2.22. The number of nitrogens with one attached hydrogen (secondary N) is 2. The smallest absolute Gasteiger partial charge is 0.243 e. The molecule has 0 saturated heterocycles. The lowest BCUT2D eigenvalue weighted by atomic mass is 10.1. The van der Waals surface area contributed by atoms with Gasteiger partial charge < -0.3 is 5.32 Å². The third kappa shape index (κ3) is 3.46. The SMILES string of the molecule is Cc1cc(C)c(NC(=O)CS(=O)(=O)c2ncn[nH]2)c(C)c1. The molecule has 1 aromatic carbocycles. The van der Waals surface area contributed by atoms with Crippen molar-refractivity contribution in [1.29, 1.82) is 0 Å². The van der Waals surface area contributed by atoms with E-state index >= 15 is 0 Å². The van der Waals surface area contributed by atoms with Crippen LogP contribution in [0.4, 0.5) is 5.69 Å². The predicted molar refractivity (Wildman–Crippen MR) is 77.7 cm³/mol. The van der Waals surface area contributed by atoms with Gasteiger partial charge in [0, 0.05) is 5.69 Å². The van der Waals surface area contributed by atoms with E-state index in [1.54, 1.807) is 0 Å². The van der Waals surface area contributed by atoms with Crippen molar-refractivity contribution in [2.45, 2.75) is 25.9 Å². The number of H-pyrrole nitrogens is 1. The summed E-state index contributed by atoms with van der Waals surface area (Å²) in [5, 5.41) is 8.05. The van der Waals surface area contributed by atoms with E-state index in [0.29, 0.717) is 5.69 Å². The first kappa shape index (κ1) is 15.2. The number of hydrogen-bond donors (Lipinski definition) is 2. The van der Waals surface area contributed by atoms with Crippen LogP contribution in [-0.4, -0.2) is 35.3 Å². The third-order valence-electron chi connectivity index (χ3n) is 2.95. The molecule has 0 unspecified atom stereocenters. The quantitative estimate of drug-likeness (QED) is 0.881. The van der Waals surface area contributed by atoms with Crippen LogP contribution in [0.25, 0.3) is 0 Å². The molecule has 0 fully saturated rings. The van der Waals surface area contributed by atoms with Crippen LogP contribution in [0.2, 0.25) is 0 Å². The van der Waals surface area contributed by atoms with E-state index < -0.39 is 21.5 Å².